The molecule has 0 unspecified atom stereocenters. The zero-order valence-electron chi connectivity index (χ0n) is 14.4. The average Bonchev–Trinajstić information content (AvgIpc) is 3.09. The van der Waals surface area contributed by atoms with Gasteiger partial charge in [-0.05, 0) is 47.5 Å². The highest BCUT2D eigenvalue weighted by Crippen LogP contribution is 2.29. The SMILES string of the molecule is Fc1ccc(-n2cc(Cc3ccccc3Cl)cc2N2CCSCC2)cc1. The van der Waals surface area contributed by atoms with E-state index in [1.807, 2.05) is 42.1 Å². The minimum Gasteiger partial charge on any atom is -0.356 e. The summed E-state index contributed by atoms with van der Waals surface area (Å²) in [6.45, 7) is 2.06. The van der Waals surface area contributed by atoms with Gasteiger partial charge in [0.2, 0.25) is 0 Å². The van der Waals surface area contributed by atoms with Crippen LogP contribution in [0.5, 0.6) is 0 Å². The molecule has 2 nitrogen and oxygen atoms in total. The molecular formula is C21H20ClFN2S. The Kier molecular flexibility index (Phi) is 5.23. The van der Waals surface area contributed by atoms with Gasteiger partial charge in [0.25, 0.3) is 0 Å². The van der Waals surface area contributed by atoms with Crippen LogP contribution in [-0.4, -0.2) is 29.2 Å². The quantitative estimate of drug-likeness (QED) is 0.592. The van der Waals surface area contributed by atoms with Gasteiger partial charge in [-0.1, -0.05) is 29.8 Å². The molecule has 1 aliphatic heterocycles. The molecule has 1 saturated heterocycles. The number of halogens is 2. The summed E-state index contributed by atoms with van der Waals surface area (Å²) in [5, 5.41) is 0.790. The van der Waals surface area contributed by atoms with Gasteiger partial charge in [-0.15, -0.1) is 0 Å². The van der Waals surface area contributed by atoms with Gasteiger partial charge in [0.1, 0.15) is 11.6 Å². The third-order valence-corrected chi connectivity index (χ3v) is 5.96. The van der Waals surface area contributed by atoms with Crippen LogP contribution in [0.4, 0.5) is 10.2 Å². The second kappa shape index (κ2) is 7.77. The van der Waals surface area contributed by atoms with Crippen molar-refractivity contribution in [2.75, 3.05) is 29.5 Å². The highest BCUT2D eigenvalue weighted by atomic mass is 35.5. The van der Waals surface area contributed by atoms with Gasteiger partial charge in [-0.2, -0.15) is 11.8 Å². The largest absolute Gasteiger partial charge is 0.356 e. The van der Waals surface area contributed by atoms with E-state index in [4.69, 9.17) is 11.6 Å². The van der Waals surface area contributed by atoms with Gasteiger partial charge in [0, 0.05) is 47.9 Å². The molecule has 5 heteroatoms. The standard InChI is InChI=1S/C21H20ClFN2S/c22-20-4-2-1-3-17(20)13-16-14-21(24-9-11-26-12-10-24)25(15-16)19-7-5-18(23)6-8-19/h1-8,14-15H,9-13H2. The summed E-state index contributed by atoms with van der Waals surface area (Å²) in [5.74, 6) is 3.22. The molecule has 0 aliphatic carbocycles. The van der Waals surface area contributed by atoms with Crippen LogP contribution in [0.25, 0.3) is 5.69 Å². The molecule has 0 saturated carbocycles. The average molecular weight is 387 g/mol. The predicted octanol–water partition coefficient (Wildman–Crippen LogP) is 5.41. The molecule has 1 aliphatic rings. The molecule has 0 atom stereocenters. The summed E-state index contributed by atoms with van der Waals surface area (Å²) >= 11 is 8.33. The van der Waals surface area contributed by atoms with Crippen LogP contribution in [0.15, 0.2) is 60.8 Å². The number of nitrogens with zero attached hydrogens (tertiary/aromatic N) is 2. The zero-order chi connectivity index (χ0) is 17.9. The number of thioether (sulfide) groups is 1. The van der Waals surface area contributed by atoms with Crippen LogP contribution in [0.3, 0.4) is 0 Å². The summed E-state index contributed by atoms with van der Waals surface area (Å²) in [5.41, 5.74) is 3.30. The number of rotatable bonds is 4. The Balaban J connectivity index is 1.72. The normalized spacial score (nSPS) is 14.6. The van der Waals surface area contributed by atoms with Crippen LogP contribution < -0.4 is 4.90 Å². The van der Waals surface area contributed by atoms with Gasteiger partial charge < -0.3 is 9.47 Å². The van der Waals surface area contributed by atoms with Crippen LogP contribution >= 0.6 is 23.4 Å². The van der Waals surface area contributed by atoms with Crippen molar-refractivity contribution in [2.45, 2.75) is 6.42 Å². The van der Waals surface area contributed by atoms with Crippen molar-refractivity contribution >= 4 is 29.2 Å². The minimum absolute atomic E-state index is 0.215. The number of anilines is 1. The van der Waals surface area contributed by atoms with E-state index in [2.05, 4.69) is 27.8 Å². The van der Waals surface area contributed by atoms with Crippen molar-refractivity contribution < 1.29 is 4.39 Å². The van der Waals surface area contributed by atoms with Gasteiger partial charge in [-0.25, -0.2) is 4.39 Å². The highest BCUT2D eigenvalue weighted by molar-refractivity contribution is 7.99. The van der Waals surface area contributed by atoms with E-state index in [1.165, 1.54) is 23.5 Å². The van der Waals surface area contributed by atoms with E-state index in [1.54, 1.807) is 0 Å². The molecule has 0 amide bonds. The maximum absolute atomic E-state index is 13.4. The maximum atomic E-state index is 13.4. The van der Waals surface area contributed by atoms with Gasteiger partial charge in [0.05, 0.1) is 0 Å². The Morgan fingerprint density at radius 2 is 1.73 bits per heavy atom. The van der Waals surface area contributed by atoms with E-state index in [0.29, 0.717) is 0 Å². The van der Waals surface area contributed by atoms with Crippen molar-refractivity contribution in [1.29, 1.82) is 0 Å². The minimum atomic E-state index is -0.215. The van der Waals surface area contributed by atoms with Gasteiger partial charge in [-0.3, -0.25) is 0 Å². The molecule has 1 fully saturated rings. The number of hydrogen-bond acceptors (Lipinski definition) is 2. The fourth-order valence-corrected chi connectivity index (χ4v) is 4.41. The van der Waals surface area contributed by atoms with Crippen molar-refractivity contribution in [1.82, 2.24) is 4.57 Å². The lowest BCUT2D eigenvalue weighted by Crippen LogP contribution is -2.33. The van der Waals surface area contributed by atoms with Crippen LogP contribution in [-0.2, 0) is 6.42 Å². The fraction of sp³-hybridized carbons (Fsp3) is 0.238. The lowest BCUT2D eigenvalue weighted by Gasteiger charge is -2.29. The summed E-state index contributed by atoms with van der Waals surface area (Å²) in [4.78, 5) is 2.41. The molecule has 2 aromatic carbocycles. The van der Waals surface area contributed by atoms with Crippen LogP contribution in [0.1, 0.15) is 11.1 Å². The van der Waals surface area contributed by atoms with E-state index >= 15 is 0 Å². The Bertz CT molecular complexity index is 885. The Morgan fingerprint density at radius 3 is 2.46 bits per heavy atom. The van der Waals surface area contributed by atoms with Crippen molar-refractivity contribution in [3.63, 3.8) is 0 Å². The number of aromatic nitrogens is 1. The molecule has 1 aromatic heterocycles. The number of benzene rings is 2. The lowest BCUT2D eigenvalue weighted by molar-refractivity contribution is 0.627. The third-order valence-electron chi connectivity index (χ3n) is 4.65. The molecule has 2 heterocycles. The van der Waals surface area contributed by atoms with E-state index in [0.717, 1.165) is 47.3 Å². The molecule has 3 aromatic rings. The monoisotopic (exact) mass is 386 g/mol. The van der Waals surface area contributed by atoms with Crippen LogP contribution in [0, 0.1) is 5.82 Å². The summed E-state index contributed by atoms with van der Waals surface area (Å²) < 4.78 is 15.5. The predicted molar refractivity (Wildman–Crippen MR) is 110 cm³/mol. The highest BCUT2D eigenvalue weighted by Gasteiger charge is 2.18. The van der Waals surface area contributed by atoms with Crippen molar-refractivity contribution in [2.24, 2.45) is 0 Å². The van der Waals surface area contributed by atoms with Crippen LogP contribution in [0.2, 0.25) is 5.02 Å². The van der Waals surface area contributed by atoms with E-state index in [-0.39, 0.29) is 5.82 Å². The Hall–Kier alpha value is -1.91. The van der Waals surface area contributed by atoms with E-state index < -0.39 is 0 Å². The number of hydrogen-bond donors (Lipinski definition) is 0. The third kappa shape index (κ3) is 3.76. The topological polar surface area (TPSA) is 8.17 Å². The zero-order valence-corrected chi connectivity index (χ0v) is 15.9. The van der Waals surface area contributed by atoms with Crippen molar-refractivity contribution in [3.8, 4) is 5.69 Å². The first-order chi connectivity index (χ1) is 12.7. The second-order valence-corrected chi connectivity index (χ2v) is 8.05. The molecule has 0 radical (unpaired) electrons. The maximum Gasteiger partial charge on any atom is 0.123 e. The molecule has 26 heavy (non-hydrogen) atoms. The second-order valence-electron chi connectivity index (χ2n) is 6.42. The summed E-state index contributed by atoms with van der Waals surface area (Å²) in [7, 11) is 0. The molecule has 134 valence electrons. The smallest absolute Gasteiger partial charge is 0.123 e. The molecule has 4 rings (SSSR count). The molecule has 0 bridgehead atoms. The first kappa shape index (κ1) is 17.5. The van der Waals surface area contributed by atoms with Gasteiger partial charge in [0.15, 0.2) is 0 Å². The summed E-state index contributed by atoms with van der Waals surface area (Å²) in [6.07, 6.45) is 2.93. The Morgan fingerprint density at radius 1 is 1.00 bits per heavy atom. The fourth-order valence-electron chi connectivity index (χ4n) is 3.31. The molecule has 0 spiro atoms. The Labute approximate surface area is 162 Å². The molecule has 0 N–H and O–H groups in total. The molecular weight excluding hydrogens is 367 g/mol. The van der Waals surface area contributed by atoms with Crippen molar-refractivity contribution in [3.05, 3.63) is 82.8 Å². The first-order valence-electron chi connectivity index (χ1n) is 8.74. The van der Waals surface area contributed by atoms with Gasteiger partial charge >= 0.3 is 0 Å². The summed E-state index contributed by atoms with van der Waals surface area (Å²) in [6, 6.07) is 16.9. The lowest BCUT2D eigenvalue weighted by atomic mass is 10.1. The first-order valence-corrected chi connectivity index (χ1v) is 10.3. The van der Waals surface area contributed by atoms with E-state index in [9.17, 15) is 4.39 Å².